The van der Waals surface area contributed by atoms with Crippen LogP contribution in [-0.4, -0.2) is 26.5 Å². The maximum atomic E-state index is 10.4. The van der Waals surface area contributed by atoms with Gasteiger partial charge in [-0.1, -0.05) is 0 Å². The number of hydrogen-bond acceptors (Lipinski definition) is 3. The molecule has 0 atom stereocenters. The Balaban J connectivity index is 2.32. The number of ether oxygens (including phenoxy) is 1. The molecule has 0 amide bonds. The maximum Gasteiger partial charge on any atom is 0.150 e. The van der Waals surface area contributed by atoms with Crippen molar-refractivity contribution in [3.05, 3.63) is 29.8 Å². The predicted molar refractivity (Wildman–Crippen MR) is 56.8 cm³/mol. The van der Waals surface area contributed by atoms with Gasteiger partial charge in [-0.25, -0.2) is 0 Å². The second-order valence-electron chi connectivity index (χ2n) is 3.01. The van der Waals surface area contributed by atoms with Gasteiger partial charge in [-0.2, -0.15) is 0 Å². The molecule has 0 aliphatic heterocycles. The first-order valence-corrected chi connectivity index (χ1v) is 4.65. The number of anilines is 1. The normalized spacial score (nSPS) is 9.79. The molecule has 1 N–H and O–H groups in total. The number of carbonyl (C=O) groups is 1. The fourth-order valence-electron chi connectivity index (χ4n) is 1.13. The van der Waals surface area contributed by atoms with Crippen LogP contribution in [0.1, 0.15) is 16.8 Å². The Kier molecular flexibility index (Phi) is 4.72. The van der Waals surface area contributed by atoms with Crippen LogP contribution in [0.5, 0.6) is 0 Å². The smallest absolute Gasteiger partial charge is 0.150 e. The van der Waals surface area contributed by atoms with Crippen LogP contribution >= 0.6 is 0 Å². The summed E-state index contributed by atoms with van der Waals surface area (Å²) in [5, 5.41) is 3.23. The third-order valence-corrected chi connectivity index (χ3v) is 1.90. The first kappa shape index (κ1) is 10.7. The van der Waals surface area contributed by atoms with Crippen LogP contribution in [0.4, 0.5) is 5.69 Å². The number of hydrogen-bond donors (Lipinski definition) is 1. The fraction of sp³-hybridized carbons (Fsp3) is 0.364. The number of nitrogens with one attached hydrogen (secondary N) is 1. The van der Waals surface area contributed by atoms with Crippen LogP contribution in [0.25, 0.3) is 0 Å². The Labute approximate surface area is 84.1 Å². The summed E-state index contributed by atoms with van der Waals surface area (Å²) in [5.74, 6) is 0. The molecule has 0 fully saturated rings. The second kappa shape index (κ2) is 6.16. The quantitative estimate of drug-likeness (QED) is 0.554. The summed E-state index contributed by atoms with van der Waals surface area (Å²) in [4.78, 5) is 10.4. The van der Waals surface area contributed by atoms with Gasteiger partial charge in [-0.05, 0) is 30.7 Å². The Morgan fingerprint density at radius 2 is 2.07 bits per heavy atom. The van der Waals surface area contributed by atoms with Gasteiger partial charge in [0.25, 0.3) is 0 Å². The molecule has 1 aromatic rings. The molecule has 0 unspecified atom stereocenters. The molecule has 76 valence electrons. The first-order chi connectivity index (χ1) is 6.86. The standard InChI is InChI=1S/C11H15NO2/c1-14-8-2-7-12-11-5-3-10(9-13)4-6-11/h3-6,9,12H,2,7-8H2,1H3. The Morgan fingerprint density at radius 1 is 1.36 bits per heavy atom. The lowest BCUT2D eigenvalue weighted by Gasteiger charge is -2.05. The maximum absolute atomic E-state index is 10.4. The summed E-state index contributed by atoms with van der Waals surface area (Å²) in [6.07, 6.45) is 1.82. The van der Waals surface area contributed by atoms with Crippen LogP contribution in [0.3, 0.4) is 0 Å². The Bertz CT molecular complexity index is 269. The zero-order valence-corrected chi connectivity index (χ0v) is 8.32. The molecule has 1 aromatic carbocycles. The van der Waals surface area contributed by atoms with Gasteiger partial charge in [-0.3, -0.25) is 4.79 Å². The fourth-order valence-corrected chi connectivity index (χ4v) is 1.13. The van der Waals surface area contributed by atoms with Crippen molar-refractivity contribution in [1.82, 2.24) is 0 Å². The molecule has 0 spiro atoms. The van der Waals surface area contributed by atoms with E-state index in [1.807, 2.05) is 12.1 Å². The third-order valence-electron chi connectivity index (χ3n) is 1.90. The zero-order chi connectivity index (χ0) is 10.2. The van der Waals surface area contributed by atoms with Crippen molar-refractivity contribution in [3.63, 3.8) is 0 Å². The average Bonchev–Trinajstić information content (AvgIpc) is 2.25. The van der Waals surface area contributed by atoms with Crippen molar-refractivity contribution < 1.29 is 9.53 Å². The van der Waals surface area contributed by atoms with Gasteiger partial charge in [0.2, 0.25) is 0 Å². The largest absolute Gasteiger partial charge is 0.385 e. The van der Waals surface area contributed by atoms with E-state index in [1.165, 1.54) is 0 Å². The lowest BCUT2D eigenvalue weighted by molar-refractivity contribution is 0.112. The van der Waals surface area contributed by atoms with E-state index < -0.39 is 0 Å². The van der Waals surface area contributed by atoms with Crippen molar-refractivity contribution in [2.75, 3.05) is 25.6 Å². The van der Waals surface area contributed by atoms with Crippen LogP contribution in [0, 0.1) is 0 Å². The van der Waals surface area contributed by atoms with Gasteiger partial charge < -0.3 is 10.1 Å². The summed E-state index contributed by atoms with van der Waals surface area (Å²) in [5.41, 5.74) is 1.74. The molecule has 3 heteroatoms. The average molecular weight is 193 g/mol. The van der Waals surface area contributed by atoms with Crippen LogP contribution in [0.2, 0.25) is 0 Å². The van der Waals surface area contributed by atoms with E-state index in [-0.39, 0.29) is 0 Å². The van der Waals surface area contributed by atoms with Gasteiger partial charge in [0.05, 0.1) is 0 Å². The van der Waals surface area contributed by atoms with E-state index in [1.54, 1.807) is 19.2 Å². The topological polar surface area (TPSA) is 38.3 Å². The summed E-state index contributed by atoms with van der Waals surface area (Å²) >= 11 is 0. The molecule has 0 saturated carbocycles. The van der Waals surface area contributed by atoms with Gasteiger partial charge >= 0.3 is 0 Å². The predicted octanol–water partition coefficient (Wildman–Crippen LogP) is 1.95. The Morgan fingerprint density at radius 3 is 2.64 bits per heavy atom. The highest BCUT2D eigenvalue weighted by molar-refractivity contribution is 5.75. The molecule has 0 bridgehead atoms. The molecule has 0 aromatic heterocycles. The zero-order valence-electron chi connectivity index (χ0n) is 8.32. The number of aldehydes is 1. The molecular weight excluding hydrogens is 178 g/mol. The van der Waals surface area contributed by atoms with Gasteiger partial charge in [-0.15, -0.1) is 0 Å². The SMILES string of the molecule is COCCCNc1ccc(C=O)cc1. The van der Waals surface area contributed by atoms with E-state index >= 15 is 0 Å². The van der Waals surface area contributed by atoms with E-state index in [4.69, 9.17) is 4.74 Å². The monoisotopic (exact) mass is 193 g/mol. The van der Waals surface area contributed by atoms with Gasteiger partial charge in [0.1, 0.15) is 6.29 Å². The number of methoxy groups -OCH3 is 1. The Hall–Kier alpha value is -1.35. The van der Waals surface area contributed by atoms with E-state index in [0.717, 1.165) is 31.5 Å². The van der Waals surface area contributed by atoms with Crippen molar-refractivity contribution in [1.29, 1.82) is 0 Å². The van der Waals surface area contributed by atoms with Crippen LogP contribution in [0.15, 0.2) is 24.3 Å². The first-order valence-electron chi connectivity index (χ1n) is 4.65. The summed E-state index contributed by atoms with van der Waals surface area (Å²) in [7, 11) is 1.69. The highest BCUT2D eigenvalue weighted by atomic mass is 16.5. The van der Waals surface area contributed by atoms with Crippen molar-refractivity contribution in [2.45, 2.75) is 6.42 Å². The van der Waals surface area contributed by atoms with Gasteiger partial charge in [0, 0.05) is 31.5 Å². The van der Waals surface area contributed by atoms with Crippen molar-refractivity contribution in [2.24, 2.45) is 0 Å². The molecule has 0 heterocycles. The van der Waals surface area contributed by atoms with Crippen molar-refractivity contribution in [3.8, 4) is 0 Å². The van der Waals surface area contributed by atoms with E-state index in [9.17, 15) is 4.79 Å². The minimum atomic E-state index is 0.701. The molecule has 1 rings (SSSR count). The van der Waals surface area contributed by atoms with Gasteiger partial charge in [0.15, 0.2) is 0 Å². The minimum Gasteiger partial charge on any atom is -0.385 e. The molecule has 3 nitrogen and oxygen atoms in total. The minimum absolute atomic E-state index is 0.701. The van der Waals surface area contributed by atoms with Crippen LogP contribution in [-0.2, 0) is 4.74 Å². The van der Waals surface area contributed by atoms with E-state index in [0.29, 0.717) is 5.56 Å². The molecule has 0 aliphatic rings. The second-order valence-corrected chi connectivity index (χ2v) is 3.01. The molecule has 14 heavy (non-hydrogen) atoms. The molecule has 0 aliphatic carbocycles. The van der Waals surface area contributed by atoms with Crippen LogP contribution < -0.4 is 5.32 Å². The molecule has 0 radical (unpaired) electrons. The lowest BCUT2D eigenvalue weighted by Crippen LogP contribution is -2.04. The lowest BCUT2D eigenvalue weighted by atomic mass is 10.2. The molecule has 0 saturated heterocycles. The molecular formula is C11H15NO2. The summed E-state index contributed by atoms with van der Waals surface area (Å²) in [6.45, 7) is 1.65. The third kappa shape index (κ3) is 3.58. The highest BCUT2D eigenvalue weighted by Gasteiger charge is 1.92. The number of benzene rings is 1. The van der Waals surface area contributed by atoms with E-state index in [2.05, 4.69) is 5.32 Å². The number of rotatable bonds is 6. The number of carbonyl (C=O) groups excluding carboxylic acids is 1. The summed E-state index contributed by atoms with van der Waals surface area (Å²) < 4.78 is 4.93. The highest BCUT2D eigenvalue weighted by Crippen LogP contribution is 2.07. The summed E-state index contributed by atoms with van der Waals surface area (Å²) in [6, 6.07) is 7.39. The van der Waals surface area contributed by atoms with Crippen molar-refractivity contribution >= 4 is 12.0 Å².